The van der Waals surface area contributed by atoms with Crippen LogP contribution in [0.2, 0.25) is 0 Å². The van der Waals surface area contributed by atoms with Gasteiger partial charge in [0.25, 0.3) is 0 Å². The Morgan fingerprint density at radius 3 is 1.69 bits per heavy atom. The molecule has 80 valence electrons. The highest BCUT2D eigenvalue weighted by Crippen LogP contribution is 2.27. The molecule has 0 aromatic heterocycles. The molecule has 2 atom stereocenters. The number of methoxy groups -OCH3 is 1. The predicted octanol–water partition coefficient (Wildman–Crippen LogP) is 2.29. The third kappa shape index (κ3) is 3.65. The summed E-state index contributed by atoms with van der Waals surface area (Å²) >= 11 is 0. The Morgan fingerprint density at radius 2 is 1.62 bits per heavy atom. The fourth-order valence-electron chi connectivity index (χ4n) is 1.87. The Bertz CT molecular complexity index is 138. The molecule has 0 aliphatic rings. The molecule has 0 radical (unpaired) electrons. The van der Waals surface area contributed by atoms with Crippen LogP contribution >= 0.6 is 0 Å². The SMILES string of the molecule is CNC(C(C)C)C(OC)C(C)(C)C. The first-order valence-electron chi connectivity index (χ1n) is 5.04. The topological polar surface area (TPSA) is 21.3 Å². The summed E-state index contributed by atoms with van der Waals surface area (Å²) in [4.78, 5) is 0. The van der Waals surface area contributed by atoms with Gasteiger partial charge in [-0.1, -0.05) is 34.6 Å². The number of likely N-dealkylation sites (N-methyl/N-ethyl adjacent to an activating group) is 1. The smallest absolute Gasteiger partial charge is 0.0774 e. The van der Waals surface area contributed by atoms with Crippen molar-refractivity contribution in [2.24, 2.45) is 11.3 Å². The van der Waals surface area contributed by atoms with Gasteiger partial charge in [-0.2, -0.15) is 0 Å². The van der Waals surface area contributed by atoms with Crippen molar-refractivity contribution in [1.82, 2.24) is 5.32 Å². The van der Waals surface area contributed by atoms with Gasteiger partial charge in [-0.05, 0) is 18.4 Å². The van der Waals surface area contributed by atoms with Crippen LogP contribution in [0.5, 0.6) is 0 Å². The summed E-state index contributed by atoms with van der Waals surface area (Å²) in [6, 6.07) is 0.421. The summed E-state index contributed by atoms with van der Waals surface area (Å²) < 4.78 is 5.57. The molecule has 0 saturated heterocycles. The molecule has 0 amide bonds. The van der Waals surface area contributed by atoms with E-state index in [-0.39, 0.29) is 11.5 Å². The number of rotatable bonds is 4. The monoisotopic (exact) mass is 187 g/mol. The van der Waals surface area contributed by atoms with Crippen LogP contribution in [0.1, 0.15) is 34.6 Å². The van der Waals surface area contributed by atoms with Crippen molar-refractivity contribution >= 4 is 0 Å². The van der Waals surface area contributed by atoms with Gasteiger partial charge >= 0.3 is 0 Å². The molecule has 13 heavy (non-hydrogen) atoms. The number of hydrogen-bond acceptors (Lipinski definition) is 2. The lowest BCUT2D eigenvalue weighted by molar-refractivity contribution is -0.0206. The van der Waals surface area contributed by atoms with Crippen LogP contribution in [0.4, 0.5) is 0 Å². The van der Waals surface area contributed by atoms with Gasteiger partial charge in [0.05, 0.1) is 6.10 Å². The van der Waals surface area contributed by atoms with Crippen molar-refractivity contribution < 1.29 is 4.74 Å². The molecule has 2 unspecified atom stereocenters. The van der Waals surface area contributed by atoms with Crippen LogP contribution in [0.3, 0.4) is 0 Å². The molecular weight excluding hydrogens is 162 g/mol. The lowest BCUT2D eigenvalue weighted by atomic mass is 9.81. The van der Waals surface area contributed by atoms with Gasteiger partial charge in [-0.25, -0.2) is 0 Å². The molecule has 0 aromatic rings. The molecular formula is C11H25NO. The molecule has 0 rings (SSSR count). The maximum atomic E-state index is 5.57. The van der Waals surface area contributed by atoms with Crippen molar-refractivity contribution in [2.45, 2.75) is 46.8 Å². The summed E-state index contributed by atoms with van der Waals surface area (Å²) in [6.07, 6.45) is 0.262. The van der Waals surface area contributed by atoms with Crippen LogP contribution in [0.25, 0.3) is 0 Å². The molecule has 0 heterocycles. The fourth-order valence-corrected chi connectivity index (χ4v) is 1.87. The van der Waals surface area contributed by atoms with Gasteiger partial charge in [-0.3, -0.25) is 0 Å². The van der Waals surface area contributed by atoms with Gasteiger partial charge in [0.15, 0.2) is 0 Å². The van der Waals surface area contributed by atoms with E-state index in [2.05, 4.69) is 39.9 Å². The van der Waals surface area contributed by atoms with Gasteiger partial charge < -0.3 is 10.1 Å². The van der Waals surface area contributed by atoms with Crippen molar-refractivity contribution in [3.8, 4) is 0 Å². The highest BCUT2D eigenvalue weighted by atomic mass is 16.5. The number of nitrogens with one attached hydrogen (secondary N) is 1. The van der Waals surface area contributed by atoms with Gasteiger partial charge in [-0.15, -0.1) is 0 Å². The molecule has 2 nitrogen and oxygen atoms in total. The van der Waals surface area contributed by atoms with E-state index in [9.17, 15) is 0 Å². The van der Waals surface area contributed by atoms with Crippen molar-refractivity contribution in [2.75, 3.05) is 14.2 Å². The van der Waals surface area contributed by atoms with Gasteiger partial charge in [0.2, 0.25) is 0 Å². The number of hydrogen-bond donors (Lipinski definition) is 1. The van der Waals surface area contributed by atoms with Crippen LogP contribution < -0.4 is 5.32 Å². The molecule has 2 heteroatoms. The van der Waals surface area contributed by atoms with E-state index in [0.717, 1.165) is 0 Å². The molecule has 0 spiro atoms. The van der Waals surface area contributed by atoms with E-state index in [0.29, 0.717) is 12.0 Å². The van der Waals surface area contributed by atoms with Crippen molar-refractivity contribution in [1.29, 1.82) is 0 Å². The fraction of sp³-hybridized carbons (Fsp3) is 1.00. The third-order valence-corrected chi connectivity index (χ3v) is 2.49. The molecule has 0 saturated carbocycles. The average Bonchev–Trinajstić information content (AvgIpc) is 1.96. The van der Waals surface area contributed by atoms with E-state index < -0.39 is 0 Å². The van der Waals surface area contributed by atoms with Gasteiger partial charge in [0.1, 0.15) is 0 Å². The summed E-state index contributed by atoms with van der Waals surface area (Å²) in [7, 11) is 3.80. The second-order valence-corrected chi connectivity index (χ2v) is 5.08. The molecule has 0 aliphatic heterocycles. The molecule has 0 aromatic carbocycles. The zero-order chi connectivity index (χ0) is 10.6. The van der Waals surface area contributed by atoms with E-state index in [1.165, 1.54) is 0 Å². The quantitative estimate of drug-likeness (QED) is 0.729. The Hall–Kier alpha value is -0.0800. The molecule has 1 N–H and O–H groups in total. The third-order valence-electron chi connectivity index (χ3n) is 2.49. The first-order valence-corrected chi connectivity index (χ1v) is 5.04. The van der Waals surface area contributed by atoms with Gasteiger partial charge in [0, 0.05) is 13.2 Å². The standard InChI is InChI=1S/C11H25NO/c1-8(2)9(12-6)10(13-7)11(3,4)5/h8-10,12H,1-7H3. The maximum absolute atomic E-state index is 5.57. The van der Waals surface area contributed by atoms with E-state index in [4.69, 9.17) is 4.74 Å². The minimum atomic E-state index is 0.187. The predicted molar refractivity (Wildman–Crippen MR) is 57.9 cm³/mol. The lowest BCUT2D eigenvalue weighted by Gasteiger charge is -2.37. The Morgan fingerprint density at radius 1 is 1.15 bits per heavy atom. The van der Waals surface area contributed by atoms with Crippen molar-refractivity contribution in [3.05, 3.63) is 0 Å². The van der Waals surface area contributed by atoms with Crippen molar-refractivity contribution in [3.63, 3.8) is 0 Å². The van der Waals surface area contributed by atoms with Crippen LogP contribution in [0.15, 0.2) is 0 Å². The van der Waals surface area contributed by atoms with E-state index in [1.807, 2.05) is 7.05 Å². The highest BCUT2D eigenvalue weighted by molar-refractivity contribution is 4.87. The molecule has 0 fully saturated rings. The highest BCUT2D eigenvalue weighted by Gasteiger charge is 2.32. The summed E-state index contributed by atoms with van der Waals surface area (Å²) in [6.45, 7) is 11.1. The lowest BCUT2D eigenvalue weighted by Crippen LogP contribution is -2.49. The minimum Gasteiger partial charge on any atom is -0.379 e. The number of ether oxygens (including phenoxy) is 1. The summed E-state index contributed by atoms with van der Waals surface area (Å²) in [5.41, 5.74) is 0.187. The minimum absolute atomic E-state index is 0.187. The summed E-state index contributed by atoms with van der Waals surface area (Å²) in [5, 5.41) is 3.33. The van der Waals surface area contributed by atoms with Crippen LogP contribution in [0, 0.1) is 11.3 Å². The Balaban J connectivity index is 4.53. The first kappa shape index (κ1) is 12.9. The van der Waals surface area contributed by atoms with Crippen LogP contribution in [-0.4, -0.2) is 26.3 Å². The van der Waals surface area contributed by atoms with Crippen LogP contribution in [-0.2, 0) is 4.74 Å². The summed E-state index contributed by atoms with van der Waals surface area (Å²) in [5.74, 6) is 0.592. The average molecular weight is 187 g/mol. The molecule has 0 aliphatic carbocycles. The van der Waals surface area contributed by atoms with E-state index >= 15 is 0 Å². The first-order chi connectivity index (χ1) is 5.84. The maximum Gasteiger partial charge on any atom is 0.0774 e. The second kappa shape index (κ2) is 4.97. The largest absolute Gasteiger partial charge is 0.379 e. The Labute approximate surface area is 83.1 Å². The Kier molecular flexibility index (Phi) is 4.93. The second-order valence-electron chi connectivity index (χ2n) is 5.08. The zero-order valence-corrected chi connectivity index (χ0v) is 10.1. The molecule has 0 bridgehead atoms. The normalized spacial score (nSPS) is 17.5. The zero-order valence-electron chi connectivity index (χ0n) is 10.1. The van der Waals surface area contributed by atoms with E-state index in [1.54, 1.807) is 7.11 Å².